The fourth-order valence-corrected chi connectivity index (χ4v) is 5.48. The van der Waals surface area contributed by atoms with E-state index in [9.17, 15) is 4.79 Å². The zero-order chi connectivity index (χ0) is 21.3. The first-order valence-corrected chi connectivity index (χ1v) is 11.5. The van der Waals surface area contributed by atoms with E-state index in [1.807, 2.05) is 20.8 Å². The Morgan fingerprint density at radius 1 is 1.23 bits per heavy atom. The average Bonchev–Trinajstić information content (AvgIpc) is 3.27. The first-order chi connectivity index (χ1) is 14.5. The summed E-state index contributed by atoms with van der Waals surface area (Å²) in [7, 11) is 2.12. The predicted molar refractivity (Wildman–Crippen MR) is 119 cm³/mol. The lowest BCUT2D eigenvalue weighted by Gasteiger charge is -2.32. The van der Waals surface area contributed by atoms with Crippen LogP contribution in [0.3, 0.4) is 0 Å². The van der Waals surface area contributed by atoms with Gasteiger partial charge in [0.05, 0.1) is 16.0 Å². The molecule has 0 atom stereocenters. The molecular formula is C22H29N5O2S. The Balaban J connectivity index is 1.53. The van der Waals surface area contributed by atoms with Crippen LogP contribution < -0.4 is 10.2 Å². The largest absolute Gasteiger partial charge is 0.361 e. The van der Waals surface area contributed by atoms with Crippen LogP contribution in [0.4, 0.5) is 5.82 Å². The lowest BCUT2D eigenvalue weighted by atomic mass is 9.94. The van der Waals surface area contributed by atoms with E-state index in [-0.39, 0.29) is 5.91 Å². The SMILES string of the molecule is Cc1noc(C)c1CCNC(=O)c1sc2ncnc(N(C)C3CCCCC3)c2c1C. The summed E-state index contributed by atoms with van der Waals surface area (Å²) in [6.45, 7) is 6.36. The van der Waals surface area contributed by atoms with Gasteiger partial charge in [0.2, 0.25) is 0 Å². The summed E-state index contributed by atoms with van der Waals surface area (Å²) in [6, 6.07) is 0.503. The average molecular weight is 428 g/mol. The van der Waals surface area contributed by atoms with Gasteiger partial charge in [-0.05, 0) is 45.6 Å². The van der Waals surface area contributed by atoms with E-state index in [1.54, 1.807) is 6.33 Å². The van der Waals surface area contributed by atoms with Crippen molar-refractivity contribution in [3.05, 3.63) is 33.8 Å². The maximum Gasteiger partial charge on any atom is 0.261 e. The minimum Gasteiger partial charge on any atom is -0.361 e. The van der Waals surface area contributed by atoms with Gasteiger partial charge in [-0.1, -0.05) is 24.4 Å². The minimum absolute atomic E-state index is 0.0615. The highest BCUT2D eigenvalue weighted by atomic mass is 32.1. The molecule has 0 aromatic carbocycles. The van der Waals surface area contributed by atoms with Crippen molar-refractivity contribution < 1.29 is 9.32 Å². The second-order valence-electron chi connectivity index (χ2n) is 8.14. The molecule has 30 heavy (non-hydrogen) atoms. The van der Waals surface area contributed by atoms with Crippen LogP contribution >= 0.6 is 11.3 Å². The summed E-state index contributed by atoms with van der Waals surface area (Å²) < 4.78 is 5.20. The second kappa shape index (κ2) is 8.71. The number of amides is 1. The van der Waals surface area contributed by atoms with Gasteiger partial charge in [-0.25, -0.2) is 9.97 Å². The number of thiophene rings is 1. The quantitative estimate of drug-likeness (QED) is 0.630. The summed E-state index contributed by atoms with van der Waals surface area (Å²) in [5.74, 6) is 1.69. The predicted octanol–water partition coefficient (Wildman–Crippen LogP) is 4.35. The normalized spacial score (nSPS) is 14.9. The Bertz CT molecular complexity index is 1030. The van der Waals surface area contributed by atoms with E-state index < -0.39 is 0 Å². The van der Waals surface area contributed by atoms with Gasteiger partial charge in [0.1, 0.15) is 22.7 Å². The number of carbonyl (C=O) groups is 1. The third kappa shape index (κ3) is 3.93. The standard InChI is InChI=1S/C22H29N5O2S/c1-13-18-20(27(4)16-8-6-5-7-9-16)24-12-25-22(18)30-19(13)21(28)23-11-10-17-14(2)26-29-15(17)3/h12,16H,5-11H2,1-4H3,(H,23,28). The van der Waals surface area contributed by atoms with Crippen molar-refractivity contribution >= 4 is 33.3 Å². The molecule has 160 valence electrons. The number of hydrogen-bond acceptors (Lipinski definition) is 7. The van der Waals surface area contributed by atoms with Gasteiger partial charge in [-0.3, -0.25) is 4.79 Å². The molecular weight excluding hydrogens is 398 g/mol. The molecule has 3 aromatic rings. The van der Waals surface area contributed by atoms with Gasteiger partial charge in [-0.2, -0.15) is 0 Å². The molecule has 3 aromatic heterocycles. The summed E-state index contributed by atoms with van der Waals surface area (Å²) in [4.78, 5) is 25.9. The smallest absolute Gasteiger partial charge is 0.261 e. The molecule has 3 heterocycles. The lowest BCUT2D eigenvalue weighted by molar-refractivity contribution is 0.0957. The number of nitrogens with one attached hydrogen (secondary N) is 1. The third-order valence-electron chi connectivity index (χ3n) is 6.21. The van der Waals surface area contributed by atoms with E-state index in [0.29, 0.717) is 23.9 Å². The van der Waals surface area contributed by atoms with Crippen LogP contribution in [0, 0.1) is 20.8 Å². The Hall–Kier alpha value is -2.48. The monoisotopic (exact) mass is 427 g/mol. The maximum atomic E-state index is 12.9. The molecule has 1 aliphatic carbocycles. The molecule has 7 nitrogen and oxygen atoms in total. The molecule has 0 aliphatic heterocycles. The number of fused-ring (bicyclic) bond motifs is 1. The van der Waals surface area contributed by atoms with Crippen molar-refractivity contribution in [3.63, 3.8) is 0 Å². The molecule has 8 heteroatoms. The van der Waals surface area contributed by atoms with E-state index >= 15 is 0 Å². The summed E-state index contributed by atoms with van der Waals surface area (Å²) in [5, 5.41) is 8.03. The molecule has 1 amide bonds. The number of aromatic nitrogens is 3. The lowest BCUT2D eigenvalue weighted by Crippen LogP contribution is -2.34. The van der Waals surface area contributed by atoms with E-state index in [4.69, 9.17) is 4.52 Å². The van der Waals surface area contributed by atoms with Gasteiger partial charge in [0, 0.05) is 25.2 Å². The van der Waals surface area contributed by atoms with E-state index in [2.05, 4.69) is 32.4 Å². The van der Waals surface area contributed by atoms with Gasteiger partial charge in [-0.15, -0.1) is 11.3 Å². The zero-order valence-electron chi connectivity index (χ0n) is 18.1. The molecule has 0 unspecified atom stereocenters. The highest BCUT2D eigenvalue weighted by Crippen LogP contribution is 2.36. The van der Waals surface area contributed by atoms with Crippen LogP contribution in [0.15, 0.2) is 10.9 Å². The van der Waals surface area contributed by atoms with Crippen LogP contribution in [0.25, 0.3) is 10.2 Å². The topological polar surface area (TPSA) is 84.2 Å². The zero-order valence-corrected chi connectivity index (χ0v) is 18.9. The molecule has 0 saturated heterocycles. The molecule has 1 fully saturated rings. The highest BCUT2D eigenvalue weighted by Gasteiger charge is 2.25. The van der Waals surface area contributed by atoms with Gasteiger partial charge < -0.3 is 14.7 Å². The molecule has 1 aliphatic rings. The van der Waals surface area contributed by atoms with Gasteiger partial charge in [0.15, 0.2) is 0 Å². The first kappa shape index (κ1) is 20.8. The van der Waals surface area contributed by atoms with Crippen molar-refractivity contribution in [2.45, 2.75) is 65.3 Å². The number of anilines is 1. The number of hydrogen-bond donors (Lipinski definition) is 1. The molecule has 1 N–H and O–H groups in total. The van der Waals surface area contributed by atoms with Crippen molar-refractivity contribution in [3.8, 4) is 0 Å². The molecule has 0 radical (unpaired) electrons. The van der Waals surface area contributed by atoms with Gasteiger partial charge >= 0.3 is 0 Å². The molecule has 4 rings (SSSR count). The van der Waals surface area contributed by atoms with Crippen molar-refractivity contribution in [1.29, 1.82) is 0 Å². The first-order valence-electron chi connectivity index (χ1n) is 10.6. The fourth-order valence-electron chi connectivity index (χ4n) is 4.42. The molecule has 0 spiro atoms. The Kier molecular flexibility index (Phi) is 6.04. The number of nitrogens with zero attached hydrogens (tertiary/aromatic N) is 4. The van der Waals surface area contributed by atoms with E-state index in [0.717, 1.165) is 38.6 Å². The maximum absolute atomic E-state index is 12.9. The van der Waals surface area contributed by atoms with Crippen LogP contribution in [0.2, 0.25) is 0 Å². The summed E-state index contributed by atoms with van der Waals surface area (Å²) >= 11 is 1.44. The fraction of sp³-hybridized carbons (Fsp3) is 0.545. The number of rotatable bonds is 6. The highest BCUT2D eigenvalue weighted by molar-refractivity contribution is 7.20. The van der Waals surface area contributed by atoms with Gasteiger partial charge in [0.25, 0.3) is 5.91 Å². The van der Waals surface area contributed by atoms with Crippen LogP contribution in [0.5, 0.6) is 0 Å². The Morgan fingerprint density at radius 2 is 2.00 bits per heavy atom. The van der Waals surface area contributed by atoms with Crippen LogP contribution in [-0.4, -0.2) is 40.7 Å². The third-order valence-corrected chi connectivity index (χ3v) is 7.41. The minimum atomic E-state index is -0.0615. The Morgan fingerprint density at radius 3 is 2.70 bits per heavy atom. The summed E-state index contributed by atoms with van der Waals surface area (Å²) in [5.41, 5.74) is 2.90. The van der Waals surface area contributed by atoms with Crippen LogP contribution in [-0.2, 0) is 6.42 Å². The number of carbonyl (C=O) groups excluding carboxylic acids is 1. The summed E-state index contributed by atoms with van der Waals surface area (Å²) in [6.07, 6.45) is 8.56. The van der Waals surface area contributed by atoms with Crippen LogP contribution in [0.1, 0.15) is 64.4 Å². The molecule has 0 bridgehead atoms. The number of aryl methyl sites for hydroxylation is 3. The van der Waals surface area contributed by atoms with E-state index in [1.165, 1.54) is 43.4 Å². The molecule has 1 saturated carbocycles. The second-order valence-corrected chi connectivity index (χ2v) is 9.14. The van der Waals surface area contributed by atoms with Crippen molar-refractivity contribution in [2.24, 2.45) is 0 Å². The van der Waals surface area contributed by atoms with Crippen molar-refractivity contribution in [2.75, 3.05) is 18.5 Å². The Labute approximate surface area is 180 Å². The van der Waals surface area contributed by atoms with Crippen molar-refractivity contribution in [1.82, 2.24) is 20.4 Å².